The van der Waals surface area contributed by atoms with Crippen molar-refractivity contribution in [1.82, 2.24) is 0 Å². The Morgan fingerprint density at radius 1 is 0.913 bits per heavy atom. The summed E-state index contributed by atoms with van der Waals surface area (Å²) in [5, 5.41) is 0. The molecule has 0 heterocycles. The van der Waals surface area contributed by atoms with Gasteiger partial charge in [-0.15, -0.1) is 0 Å². The minimum Gasteiger partial charge on any atom is -0.166 e. The van der Waals surface area contributed by atoms with Gasteiger partial charge in [0.05, 0.1) is 5.56 Å². The van der Waals surface area contributed by atoms with Gasteiger partial charge in [0.1, 0.15) is 0 Å². The van der Waals surface area contributed by atoms with E-state index in [2.05, 4.69) is 26.3 Å². The molecule has 1 aliphatic rings. The maximum Gasteiger partial charge on any atom is 0.416 e. The van der Waals surface area contributed by atoms with Crippen LogP contribution in [0.2, 0.25) is 0 Å². The molecule has 0 fully saturated rings. The molecule has 0 nitrogen and oxygen atoms in total. The third-order valence-electron chi connectivity index (χ3n) is 3.96. The van der Waals surface area contributed by atoms with E-state index in [0.29, 0.717) is 5.92 Å². The van der Waals surface area contributed by atoms with Crippen molar-refractivity contribution >= 4 is 6.08 Å². The number of allylic oxidation sites excluding steroid dienone is 1. The van der Waals surface area contributed by atoms with Crippen LogP contribution in [0, 0.1) is 12.3 Å². The second kappa shape index (κ2) is 6.77. The van der Waals surface area contributed by atoms with Gasteiger partial charge in [0, 0.05) is 32.6 Å². The van der Waals surface area contributed by atoms with Crippen molar-refractivity contribution in [1.29, 1.82) is 0 Å². The molecule has 3 rings (SSSR count). The SMILES string of the molecule is CC(C)C1=Cc2c(cccc2-c2ccc(C(F)(F)F)cc2)[CH]1.[Zr]. The number of fused-ring (bicyclic) bond motifs is 1. The van der Waals surface area contributed by atoms with Crippen molar-refractivity contribution in [3.8, 4) is 11.1 Å². The Hall–Kier alpha value is -1.15. The first-order chi connectivity index (χ1) is 10.4. The van der Waals surface area contributed by atoms with Crippen LogP contribution in [0.1, 0.15) is 30.5 Å². The van der Waals surface area contributed by atoms with E-state index in [1.165, 1.54) is 5.57 Å². The fourth-order valence-electron chi connectivity index (χ4n) is 2.68. The van der Waals surface area contributed by atoms with Gasteiger partial charge in [-0.3, -0.25) is 0 Å². The molecule has 0 bridgehead atoms. The second-order valence-corrected chi connectivity index (χ2v) is 5.83. The van der Waals surface area contributed by atoms with Crippen molar-refractivity contribution in [2.45, 2.75) is 20.0 Å². The zero-order chi connectivity index (χ0) is 15.9. The molecular weight excluding hydrogens is 376 g/mol. The van der Waals surface area contributed by atoms with Gasteiger partial charge in [-0.25, -0.2) is 0 Å². The maximum absolute atomic E-state index is 12.7. The minimum absolute atomic E-state index is 0. The quantitative estimate of drug-likeness (QED) is 0.590. The first-order valence-electron chi connectivity index (χ1n) is 7.23. The van der Waals surface area contributed by atoms with Crippen LogP contribution in [-0.2, 0) is 32.4 Å². The molecule has 1 aliphatic carbocycles. The zero-order valence-corrected chi connectivity index (χ0v) is 15.4. The van der Waals surface area contributed by atoms with Gasteiger partial charge in [0.2, 0.25) is 0 Å². The van der Waals surface area contributed by atoms with E-state index in [0.717, 1.165) is 34.4 Å². The van der Waals surface area contributed by atoms with Gasteiger partial charge in [0.25, 0.3) is 0 Å². The van der Waals surface area contributed by atoms with Gasteiger partial charge in [-0.05, 0) is 40.3 Å². The van der Waals surface area contributed by atoms with Crippen LogP contribution in [0.15, 0.2) is 48.0 Å². The molecule has 0 aliphatic heterocycles. The van der Waals surface area contributed by atoms with Crippen LogP contribution in [0.25, 0.3) is 17.2 Å². The van der Waals surface area contributed by atoms with Crippen LogP contribution in [0.4, 0.5) is 13.2 Å². The summed E-state index contributed by atoms with van der Waals surface area (Å²) in [5.41, 5.74) is 4.62. The van der Waals surface area contributed by atoms with Gasteiger partial charge >= 0.3 is 6.18 Å². The first-order valence-corrected chi connectivity index (χ1v) is 7.23. The Morgan fingerprint density at radius 3 is 2.13 bits per heavy atom. The molecule has 0 amide bonds. The van der Waals surface area contributed by atoms with E-state index >= 15 is 0 Å². The largest absolute Gasteiger partial charge is 0.416 e. The Bertz CT molecular complexity index is 725. The predicted octanol–water partition coefficient (Wildman–Crippen LogP) is 5.98. The molecule has 0 saturated heterocycles. The van der Waals surface area contributed by atoms with Gasteiger partial charge in [0.15, 0.2) is 0 Å². The summed E-state index contributed by atoms with van der Waals surface area (Å²) >= 11 is 0. The van der Waals surface area contributed by atoms with Crippen molar-refractivity contribution in [3.05, 3.63) is 71.1 Å². The number of rotatable bonds is 2. The standard InChI is InChI=1S/C19H16F3.Zr/c1-12(2)15-10-14-4-3-5-17(18(14)11-15)13-6-8-16(9-7-13)19(20,21)22;/h3-12H,1-2H3;. The number of hydrogen-bond acceptors (Lipinski definition) is 0. The van der Waals surface area contributed by atoms with E-state index in [1.54, 1.807) is 12.1 Å². The van der Waals surface area contributed by atoms with Gasteiger partial charge in [-0.1, -0.05) is 55.8 Å². The molecule has 0 unspecified atom stereocenters. The third kappa shape index (κ3) is 3.68. The van der Waals surface area contributed by atoms with E-state index in [4.69, 9.17) is 0 Å². The molecule has 0 saturated carbocycles. The summed E-state index contributed by atoms with van der Waals surface area (Å²) in [6, 6.07) is 11.3. The Morgan fingerprint density at radius 2 is 1.57 bits per heavy atom. The summed E-state index contributed by atoms with van der Waals surface area (Å²) in [5.74, 6) is 0.424. The molecule has 0 aromatic heterocycles. The molecule has 23 heavy (non-hydrogen) atoms. The Kier molecular flexibility index (Phi) is 5.35. The summed E-state index contributed by atoms with van der Waals surface area (Å²) in [7, 11) is 0. The zero-order valence-electron chi connectivity index (χ0n) is 12.9. The van der Waals surface area contributed by atoms with E-state index < -0.39 is 11.7 Å². The van der Waals surface area contributed by atoms with Gasteiger partial charge in [-0.2, -0.15) is 13.2 Å². The molecular formula is C19H16F3Zr. The first kappa shape index (κ1) is 18.2. The minimum atomic E-state index is -4.30. The number of hydrogen-bond donors (Lipinski definition) is 0. The molecule has 2 aromatic carbocycles. The normalized spacial score (nSPS) is 13.6. The summed E-state index contributed by atoms with van der Waals surface area (Å²) in [6.45, 7) is 4.26. The number of alkyl halides is 3. The smallest absolute Gasteiger partial charge is 0.166 e. The summed E-state index contributed by atoms with van der Waals surface area (Å²) < 4.78 is 38.0. The molecule has 0 N–H and O–H groups in total. The average Bonchev–Trinajstić information content (AvgIpc) is 2.90. The van der Waals surface area contributed by atoms with Crippen LogP contribution in [0.3, 0.4) is 0 Å². The van der Waals surface area contributed by atoms with Crippen LogP contribution in [-0.4, -0.2) is 0 Å². The van der Waals surface area contributed by atoms with Gasteiger partial charge < -0.3 is 0 Å². The second-order valence-electron chi connectivity index (χ2n) is 5.83. The number of halogens is 3. The molecule has 117 valence electrons. The van der Waals surface area contributed by atoms with E-state index in [1.807, 2.05) is 18.2 Å². The Balaban J connectivity index is 0.00000192. The molecule has 2 aromatic rings. The fourth-order valence-corrected chi connectivity index (χ4v) is 2.68. The van der Waals surface area contributed by atoms with Crippen molar-refractivity contribution < 1.29 is 39.4 Å². The van der Waals surface area contributed by atoms with Crippen LogP contribution < -0.4 is 0 Å². The Labute approximate surface area is 153 Å². The third-order valence-corrected chi connectivity index (χ3v) is 3.96. The van der Waals surface area contributed by atoms with E-state index in [-0.39, 0.29) is 26.2 Å². The number of benzene rings is 2. The van der Waals surface area contributed by atoms with E-state index in [9.17, 15) is 13.2 Å². The van der Waals surface area contributed by atoms with Crippen LogP contribution in [0.5, 0.6) is 0 Å². The van der Waals surface area contributed by atoms with Crippen molar-refractivity contribution in [2.75, 3.05) is 0 Å². The fraction of sp³-hybridized carbons (Fsp3) is 0.211. The molecule has 4 heteroatoms. The molecule has 0 atom stereocenters. The van der Waals surface area contributed by atoms with Crippen molar-refractivity contribution in [3.63, 3.8) is 0 Å². The topological polar surface area (TPSA) is 0 Å². The monoisotopic (exact) mass is 391 g/mol. The maximum atomic E-state index is 12.7. The van der Waals surface area contributed by atoms with Crippen LogP contribution >= 0.6 is 0 Å². The average molecular weight is 393 g/mol. The predicted molar refractivity (Wildman–Crippen MR) is 83.1 cm³/mol. The molecule has 0 spiro atoms. The summed E-state index contributed by atoms with van der Waals surface area (Å²) in [4.78, 5) is 0. The van der Waals surface area contributed by atoms with Crippen molar-refractivity contribution in [2.24, 2.45) is 5.92 Å². The summed E-state index contributed by atoms with van der Waals surface area (Å²) in [6.07, 6.45) is -0.0176. The molecule has 1 radical (unpaired) electrons.